The third-order valence-electron chi connectivity index (χ3n) is 4.15. The lowest BCUT2D eigenvalue weighted by Crippen LogP contribution is -2.32. The summed E-state index contributed by atoms with van der Waals surface area (Å²) in [6.07, 6.45) is 5.44. The summed E-state index contributed by atoms with van der Waals surface area (Å²) in [6.45, 7) is 5.08. The Morgan fingerprint density at radius 2 is 2.30 bits per heavy atom. The molecular formula is C15H25N3O2. The summed E-state index contributed by atoms with van der Waals surface area (Å²) in [4.78, 5) is 12.2. The second kappa shape index (κ2) is 6.99. The molecule has 1 saturated heterocycles. The number of aromatic nitrogens is 2. The maximum absolute atomic E-state index is 12.2. The first-order chi connectivity index (χ1) is 9.67. The van der Waals surface area contributed by atoms with Crippen molar-refractivity contribution < 1.29 is 9.53 Å². The zero-order valence-electron chi connectivity index (χ0n) is 12.6. The Kier molecular flexibility index (Phi) is 5.31. The molecule has 0 bridgehead atoms. The lowest BCUT2D eigenvalue weighted by Gasteiger charge is -2.12. The second-order valence-corrected chi connectivity index (χ2v) is 5.45. The van der Waals surface area contributed by atoms with Gasteiger partial charge >= 0.3 is 0 Å². The van der Waals surface area contributed by atoms with Gasteiger partial charge in [-0.1, -0.05) is 13.8 Å². The summed E-state index contributed by atoms with van der Waals surface area (Å²) < 4.78 is 7.26. The molecule has 1 aromatic heterocycles. The van der Waals surface area contributed by atoms with E-state index < -0.39 is 0 Å². The Bertz CT molecular complexity index is 440. The molecule has 0 amide bonds. The number of carbonyl (C=O) groups excluding carboxylic acids is 1. The highest BCUT2D eigenvalue weighted by molar-refractivity contribution is 5.86. The van der Waals surface area contributed by atoms with Gasteiger partial charge in [0.15, 0.2) is 5.78 Å². The van der Waals surface area contributed by atoms with E-state index >= 15 is 0 Å². The fourth-order valence-electron chi connectivity index (χ4n) is 2.77. The van der Waals surface area contributed by atoms with Crippen molar-refractivity contribution in [2.24, 2.45) is 0 Å². The van der Waals surface area contributed by atoms with Crippen LogP contribution in [0.4, 0.5) is 0 Å². The van der Waals surface area contributed by atoms with Crippen LogP contribution in [0.5, 0.6) is 0 Å². The molecule has 5 heteroatoms. The monoisotopic (exact) mass is 279 g/mol. The zero-order chi connectivity index (χ0) is 14.5. The minimum Gasteiger partial charge on any atom is -0.380 e. The van der Waals surface area contributed by atoms with Gasteiger partial charge in [0.05, 0.1) is 30.3 Å². The normalized spacial score (nSPS) is 22.6. The first kappa shape index (κ1) is 15.2. The fraction of sp³-hybridized carbons (Fsp3) is 0.733. The van der Waals surface area contributed by atoms with Gasteiger partial charge in [-0.15, -0.1) is 0 Å². The quantitative estimate of drug-likeness (QED) is 0.826. The smallest absolute Gasteiger partial charge is 0.155 e. The standard InChI is InChI=1S/C15H25N3O2/c1-4-12(5-2)18-7-6-11(17-18)8-15(19)14-9-13(20-3)10-16-14/h6-7,12-14,16H,4-5,8-10H2,1-3H3. The van der Waals surface area contributed by atoms with Crippen molar-refractivity contribution in [3.05, 3.63) is 18.0 Å². The lowest BCUT2D eigenvalue weighted by molar-refractivity contribution is -0.120. The van der Waals surface area contributed by atoms with E-state index in [1.807, 2.05) is 16.9 Å². The van der Waals surface area contributed by atoms with Gasteiger partial charge in [-0.25, -0.2) is 0 Å². The molecule has 1 aliphatic heterocycles. The summed E-state index contributed by atoms with van der Waals surface area (Å²) in [5.74, 6) is 0.208. The highest BCUT2D eigenvalue weighted by Crippen LogP contribution is 2.16. The number of rotatable bonds is 7. The van der Waals surface area contributed by atoms with E-state index in [-0.39, 0.29) is 17.9 Å². The van der Waals surface area contributed by atoms with Crippen molar-refractivity contribution in [2.75, 3.05) is 13.7 Å². The van der Waals surface area contributed by atoms with E-state index in [2.05, 4.69) is 24.3 Å². The predicted molar refractivity (Wildman–Crippen MR) is 77.8 cm³/mol. The molecule has 2 unspecified atom stereocenters. The minimum absolute atomic E-state index is 0.0850. The number of ketones is 1. The number of nitrogens with zero attached hydrogens (tertiary/aromatic N) is 2. The van der Waals surface area contributed by atoms with E-state index in [9.17, 15) is 4.79 Å². The van der Waals surface area contributed by atoms with Crippen LogP contribution in [0.15, 0.2) is 12.3 Å². The molecule has 20 heavy (non-hydrogen) atoms. The highest BCUT2D eigenvalue weighted by atomic mass is 16.5. The molecule has 2 heterocycles. The SMILES string of the molecule is CCC(CC)n1ccc(CC(=O)C2CC(OC)CN2)n1. The van der Waals surface area contributed by atoms with Gasteiger partial charge in [-0.3, -0.25) is 9.48 Å². The van der Waals surface area contributed by atoms with Crippen LogP contribution >= 0.6 is 0 Å². The number of nitrogens with one attached hydrogen (secondary N) is 1. The fourth-order valence-corrected chi connectivity index (χ4v) is 2.77. The van der Waals surface area contributed by atoms with E-state index in [4.69, 9.17) is 4.74 Å². The molecule has 112 valence electrons. The second-order valence-electron chi connectivity index (χ2n) is 5.45. The number of carbonyl (C=O) groups is 1. The van der Waals surface area contributed by atoms with Gasteiger partial charge in [-0.05, 0) is 25.3 Å². The van der Waals surface area contributed by atoms with Gasteiger partial charge in [0, 0.05) is 19.9 Å². The average Bonchev–Trinajstić information content (AvgIpc) is 3.09. The first-order valence-electron chi connectivity index (χ1n) is 7.50. The lowest BCUT2D eigenvalue weighted by atomic mass is 10.1. The summed E-state index contributed by atoms with van der Waals surface area (Å²) >= 11 is 0. The van der Waals surface area contributed by atoms with Crippen LogP contribution < -0.4 is 5.32 Å². The number of Topliss-reactive ketones (excluding diaryl/α,β-unsaturated/α-hetero) is 1. The Hall–Kier alpha value is -1.20. The maximum atomic E-state index is 12.2. The first-order valence-corrected chi connectivity index (χ1v) is 7.50. The number of hydrogen-bond donors (Lipinski definition) is 1. The van der Waals surface area contributed by atoms with Crippen molar-refractivity contribution in [1.29, 1.82) is 0 Å². The molecule has 5 nitrogen and oxygen atoms in total. The molecule has 1 aromatic rings. The van der Waals surface area contributed by atoms with Gasteiger partial charge in [0.1, 0.15) is 0 Å². The molecule has 0 saturated carbocycles. The molecule has 1 N–H and O–H groups in total. The predicted octanol–water partition coefficient (Wildman–Crippen LogP) is 1.73. The molecular weight excluding hydrogens is 254 g/mol. The van der Waals surface area contributed by atoms with Crippen LogP contribution in [-0.2, 0) is 16.0 Å². The van der Waals surface area contributed by atoms with Gasteiger partial charge in [0.25, 0.3) is 0 Å². The van der Waals surface area contributed by atoms with E-state index in [1.165, 1.54) is 0 Å². The summed E-state index contributed by atoms with van der Waals surface area (Å²) in [6, 6.07) is 2.30. The minimum atomic E-state index is -0.0850. The van der Waals surface area contributed by atoms with Crippen LogP contribution in [0.2, 0.25) is 0 Å². The van der Waals surface area contributed by atoms with Crippen molar-refractivity contribution in [1.82, 2.24) is 15.1 Å². The van der Waals surface area contributed by atoms with Crippen LogP contribution in [0, 0.1) is 0 Å². The van der Waals surface area contributed by atoms with Crippen LogP contribution in [0.1, 0.15) is 44.8 Å². The van der Waals surface area contributed by atoms with Gasteiger partial charge < -0.3 is 10.1 Å². The largest absolute Gasteiger partial charge is 0.380 e. The molecule has 1 aliphatic rings. The third kappa shape index (κ3) is 3.46. The number of methoxy groups -OCH3 is 1. The van der Waals surface area contributed by atoms with Gasteiger partial charge in [0.2, 0.25) is 0 Å². The summed E-state index contributed by atoms with van der Waals surface area (Å²) in [5.41, 5.74) is 0.865. The van der Waals surface area contributed by atoms with E-state index in [0.717, 1.165) is 31.5 Å². The highest BCUT2D eigenvalue weighted by Gasteiger charge is 2.29. The zero-order valence-corrected chi connectivity index (χ0v) is 12.6. The molecule has 0 spiro atoms. The maximum Gasteiger partial charge on any atom is 0.155 e. The molecule has 0 aliphatic carbocycles. The summed E-state index contributed by atoms with van der Waals surface area (Å²) in [7, 11) is 1.69. The van der Waals surface area contributed by atoms with Crippen molar-refractivity contribution in [3.63, 3.8) is 0 Å². The molecule has 2 rings (SSSR count). The topological polar surface area (TPSA) is 56.1 Å². The average molecular weight is 279 g/mol. The van der Waals surface area contributed by atoms with Crippen LogP contribution in [0.3, 0.4) is 0 Å². The third-order valence-corrected chi connectivity index (χ3v) is 4.15. The molecule has 2 atom stereocenters. The Morgan fingerprint density at radius 1 is 1.55 bits per heavy atom. The Balaban J connectivity index is 1.92. The van der Waals surface area contributed by atoms with Crippen LogP contribution in [0.25, 0.3) is 0 Å². The van der Waals surface area contributed by atoms with Crippen molar-refractivity contribution >= 4 is 5.78 Å². The molecule has 0 aromatic carbocycles. The van der Waals surface area contributed by atoms with Gasteiger partial charge in [-0.2, -0.15) is 5.10 Å². The Morgan fingerprint density at radius 3 is 2.90 bits per heavy atom. The van der Waals surface area contributed by atoms with E-state index in [0.29, 0.717) is 12.5 Å². The number of hydrogen-bond acceptors (Lipinski definition) is 4. The van der Waals surface area contributed by atoms with E-state index in [1.54, 1.807) is 7.11 Å². The van der Waals surface area contributed by atoms with Crippen molar-refractivity contribution in [3.8, 4) is 0 Å². The molecule has 1 fully saturated rings. The van der Waals surface area contributed by atoms with Crippen LogP contribution in [-0.4, -0.2) is 41.4 Å². The Labute approximate surface area is 120 Å². The number of ether oxygens (including phenoxy) is 1. The molecule has 0 radical (unpaired) electrons. The summed E-state index contributed by atoms with van der Waals surface area (Å²) in [5, 5.41) is 7.76. The van der Waals surface area contributed by atoms with Crippen molar-refractivity contribution in [2.45, 2.75) is 57.7 Å².